The van der Waals surface area contributed by atoms with Crippen LogP contribution in [0.2, 0.25) is 0 Å². The fourth-order valence-electron chi connectivity index (χ4n) is 4.03. The molecule has 6 nitrogen and oxygen atoms in total. The summed E-state index contributed by atoms with van der Waals surface area (Å²) in [5.74, 6) is 0. The Hall–Kier alpha value is -2.55. The molecule has 1 saturated heterocycles. The maximum Gasteiger partial charge on any atom is 0.414 e. The predicted octanol–water partition coefficient (Wildman–Crippen LogP) is 3.99. The van der Waals surface area contributed by atoms with Crippen molar-refractivity contribution >= 4 is 39.4 Å². The molecule has 0 radical (unpaired) electrons. The molecule has 160 valence electrons. The standard InChI is InChI=1S/C23H23N3O3S2/c1-31(28)21-6-2-16(3-7-21)12-20-14-24-22(30-20)25-9-8-17-4-5-19(13-18(17)15-25)26-10-11-29-23(26)27/h2-7,13-14H,8-12,15H2,1H3. The van der Waals surface area contributed by atoms with E-state index in [1.54, 1.807) is 22.5 Å². The number of thiazole rings is 1. The monoisotopic (exact) mass is 453 g/mol. The van der Waals surface area contributed by atoms with E-state index in [4.69, 9.17) is 4.74 Å². The minimum atomic E-state index is -0.951. The Labute approximate surface area is 188 Å². The lowest BCUT2D eigenvalue weighted by Crippen LogP contribution is -2.31. The molecule has 1 amide bonds. The number of carbonyl (C=O) groups excluding carboxylic acids is 1. The van der Waals surface area contributed by atoms with Crippen molar-refractivity contribution < 1.29 is 14.1 Å². The largest absolute Gasteiger partial charge is 0.612 e. The van der Waals surface area contributed by atoms with Crippen LogP contribution in [-0.2, 0) is 35.3 Å². The Morgan fingerprint density at radius 1 is 1.16 bits per heavy atom. The van der Waals surface area contributed by atoms with Crippen molar-refractivity contribution in [3.8, 4) is 0 Å². The van der Waals surface area contributed by atoms with Crippen LogP contribution in [0.4, 0.5) is 15.6 Å². The SMILES string of the molecule is C[S+]([O-])c1ccc(Cc2cnc(N3CCc4ccc(N5CCOC5=O)cc4C3)s2)cc1. The molecule has 1 aromatic heterocycles. The van der Waals surface area contributed by atoms with Crippen molar-refractivity contribution in [1.29, 1.82) is 0 Å². The first-order valence-electron chi connectivity index (χ1n) is 10.2. The van der Waals surface area contributed by atoms with Crippen molar-refractivity contribution in [3.63, 3.8) is 0 Å². The van der Waals surface area contributed by atoms with Crippen molar-refractivity contribution in [2.75, 3.05) is 35.8 Å². The highest BCUT2D eigenvalue weighted by molar-refractivity contribution is 7.90. The second-order valence-electron chi connectivity index (χ2n) is 7.77. The number of anilines is 2. The summed E-state index contributed by atoms with van der Waals surface area (Å²) >= 11 is 0.769. The van der Waals surface area contributed by atoms with E-state index in [0.717, 1.165) is 41.6 Å². The number of cyclic esters (lactones) is 1. The van der Waals surface area contributed by atoms with Gasteiger partial charge >= 0.3 is 6.09 Å². The quantitative estimate of drug-likeness (QED) is 0.547. The number of fused-ring (bicyclic) bond motifs is 1. The molecular weight excluding hydrogens is 430 g/mol. The van der Waals surface area contributed by atoms with Gasteiger partial charge in [-0.25, -0.2) is 9.78 Å². The van der Waals surface area contributed by atoms with Crippen LogP contribution in [0.1, 0.15) is 21.6 Å². The third kappa shape index (κ3) is 4.28. The van der Waals surface area contributed by atoms with Crippen LogP contribution in [-0.4, -0.2) is 41.6 Å². The zero-order chi connectivity index (χ0) is 21.4. The van der Waals surface area contributed by atoms with Gasteiger partial charge in [0, 0.05) is 36.3 Å². The number of ether oxygens (including phenoxy) is 1. The highest BCUT2D eigenvalue weighted by Crippen LogP contribution is 2.31. The van der Waals surface area contributed by atoms with Gasteiger partial charge in [0.2, 0.25) is 0 Å². The van der Waals surface area contributed by atoms with Crippen molar-refractivity contribution in [1.82, 2.24) is 4.98 Å². The molecule has 0 aliphatic carbocycles. The third-order valence-corrected chi connectivity index (χ3v) is 7.71. The highest BCUT2D eigenvalue weighted by Gasteiger charge is 2.26. The van der Waals surface area contributed by atoms with Crippen LogP contribution in [0.25, 0.3) is 0 Å². The Kier molecular flexibility index (Phi) is 5.60. The van der Waals surface area contributed by atoms with E-state index in [1.807, 2.05) is 36.5 Å². The summed E-state index contributed by atoms with van der Waals surface area (Å²) < 4.78 is 16.6. The molecule has 0 saturated carbocycles. The summed E-state index contributed by atoms with van der Waals surface area (Å²) in [6.07, 6.45) is 5.17. The van der Waals surface area contributed by atoms with Crippen LogP contribution in [0.3, 0.4) is 0 Å². The number of carbonyl (C=O) groups is 1. The van der Waals surface area contributed by atoms with Gasteiger partial charge in [0.25, 0.3) is 0 Å². The lowest BCUT2D eigenvalue weighted by Gasteiger charge is -2.29. The Balaban J connectivity index is 1.29. The Bertz CT molecular complexity index is 1100. The number of rotatable bonds is 5. The molecule has 2 aromatic carbocycles. The van der Waals surface area contributed by atoms with Crippen molar-refractivity contribution in [2.45, 2.75) is 24.3 Å². The van der Waals surface area contributed by atoms with E-state index in [2.05, 4.69) is 22.0 Å². The lowest BCUT2D eigenvalue weighted by molar-refractivity contribution is 0.181. The molecule has 5 rings (SSSR count). The number of aromatic nitrogens is 1. The van der Waals surface area contributed by atoms with E-state index in [9.17, 15) is 9.35 Å². The molecule has 0 spiro atoms. The number of nitrogens with zero attached hydrogens (tertiary/aromatic N) is 3. The molecule has 2 aliphatic heterocycles. The summed E-state index contributed by atoms with van der Waals surface area (Å²) in [7, 11) is 0. The van der Waals surface area contributed by atoms with Gasteiger partial charge < -0.3 is 14.2 Å². The second-order valence-corrected chi connectivity index (χ2v) is 10.2. The molecule has 31 heavy (non-hydrogen) atoms. The second kappa shape index (κ2) is 8.53. The lowest BCUT2D eigenvalue weighted by atomic mass is 9.99. The summed E-state index contributed by atoms with van der Waals surface area (Å²) in [6, 6.07) is 14.2. The van der Waals surface area contributed by atoms with Crippen LogP contribution in [0.15, 0.2) is 53.6 Å². The minimum Gasteiger partial charge on any atom is -0.612 e. The molecule has 2 aliphatic rings. The normalized spacial score (nSPS) is 16.9. The topological polar surface area (TPSA) is 68.7 Å². The maximum atomic E-state index is 11.9. The van der Waals surface area contributed by atoms with Gasteiger partial charge in [-0.15, -0.1) is 11.3 Å². The molecule has 8 heteroatoms. The summed E-state index contributed by atoms with van der Waals surface area (Å²) in [4.78, 5) is 22.6. The molecule has 3 aromatic rings. The number of hydrogen-bond acceptors (Lipinski definition) is 6. The first-order chi connectivity index (χ1) is 15.1. The zero-order valence-electron chi connectivity index (χ0n) is 17.2. The fourth-order valence-corrected chi connectivity index (χ4v) is 5.52. The number of amides is 1. The van der Waals surface area contributed by atoms with Crippen LogP contribution >= 0.6 is 11.3 Å². The van der Waals surface area contributed by atoms with E-state index >= 15 is 0 Å². The van der Waals surface area contributed by atoms with Gasteiger partial charge in [-0.3, -0.25) is 4.90 Å². The van der Waals surface area contributed by atoms with Crippen molar-refractivity contribution in [3.05, 3.63) is 70.2 Å². The van der Waals surface area contributed by atoms with Gasteiger partial charge in [-0.2, -0.15) is 0 Å². The smallest absolute Gasteiger partial charge is 0.414 e. The highest BCUT2D eigenvalue weighted by atomic mass is 32.2. The van der Waals surface area contributed by atoms with Gasteiger partial charge in [-0.1, -0.05) is 18.2 Å². The molecule has 0 bridgehead atoms. The van der Waals surface area contributed by atoms with E-state index in [1.165, 1.54) is 21.6 Å². The minimum absolute atomic E-state index is 0.268. The van der Waals surface area contributed by atoms with Gasteiger partial charge in [0.05, 0.1) is 6.54 Å². The van der Waals surface area contributed by atoms with E-state index < -0.39 is 11.2 Å². The van der Waals surface area contributed by atoms with Gasteiger partial charge in [0.1, 0.15) is 12.9 Å². The summed E-state index contributed by atoms with van der Waals surface area (Å²) in [5.41, 5.74) is 4.66. The number of hydrogen-bond donors (Lipinski definition) is 0. The first kappa shape index (κ1) is 20.4. The predicted molar refractivity (Wildman–Crippen MR) is 124 cm³/mol. The van der Waals surface area contributed by atoms with Gasteiger partial charge in [-0.05, 0) is 58.6 Å². The summed E-state index contributed by atoms with van der Waals surface area (Å²) in [5, 5.41) is 1.03. The van der Waals surface area contributed by atoms with Gasteiger partial charge in [0.15, 0.2) is 10.0 Å². The fraction of sp³-hybridized carbons (Fsp3) is 0.304. The molecule has 1 unspecified atom stereocenters. The molecule has 3 heterocycles. The third-order valence-electron chi connectivity index (χ3n) is 5.72. The maximum absolute atomic E-state index is 11.9. The van der Waals surface area contributed by atoms with Crippen LogP contribution < -0.4 is 9.80 Å². The van der Waals surface area contributed by atoms with E-state index in [0.29, 0.717) is 13.2 Å². The summed E-state index contributed by atoms with van der Waals surface area (Å²) in [6.45, 7) is 2.77. The number of benzene rings is 2. The van der Waals surface area contributed by atoms with Crippen molar-refractivity contribution in [2.24, 2.45) is 0 Å². The Morgan fingerprint density at radius 2 is 2.00 bits per heavy atom. The first-order valence-corrected chi connectivity index (χ1v) is 12.6. The molecule has 0 N–H and O–H groups in total. The average molecular weight is 454 g/mol. The Morgan fingerprint density at radius 3 is 2.74 bits per heavy atom. The van der Waals surface area contributed by atoms with E-state index in [-0.39, 0.29) is 6.09 Å². The zero-order valence-corrected chi connectivity index (χ0v) is 18.9. The molecule has 1 fully saturated rings. The average Bonchev–Trinajstić information content (AvgIpc) is 3.42. The molecule has 1 atom stereocenters. The molecular formula is C23H23N3O3S2. The van der Waals surface area contributed by atoms with Crippen LogP contribution in [0.5, 0.6) is 0 Å². The van der Waals surface area contributed by atoms with Crippen LogP contribution in [0, 0.1) is 0 Å².